The molecule has 0 saturated carbocycles. The molecule has 154 valence electrons. The van der Waals surface area contributed by atoms with Gasteiger partial charge in [-0.05, 0) is 36.1 Å². The summed E-state index contributed by atoms with van der Waals surface area (Å²) in [4.78, 5) is 27.3. The average Bonchev–Trinajstić information content (AvgIpc) is 3.42. The summed E-state index contributed by atoms with van der Waals surface area (Å²) in [6.45, 7) is 0. The number of hydrogen-bond donors (Lipinski definition) is 3. The highest BCUT2D eigenvalue weighted by atomic mass is 32.1. The number of fused-ring (bicyclic) bond motifs is 1. The van der Waals surface area contributed by atoms with Crippen LogP contribution in [0.3, 0.4) is 0 Å². The molecule has 5 rings (SSSR count). The number of rotatable bonds is 4. The van der Waals surface area contributed by atoms with Crippen molar-refractivity contribution in [2.24, 2.45) is 0 Å². The molecular weight excluding hydrogens is 402 g/mol. The Kier molecular flexibility index (Phi) is 4.51. The third-order valence-corrected chi connectivity index (χ3v) is 6.90. The largest absolute Gasteiger partial charge is 0.497 e. The second-order valence-electron chi connectivity index (χ2n) is 7.47. The van der Waals surface area contributed by atoms with Crippen LogP contribution in [0, 0.1) is 0 Å². The lowest BCUT2D eigenvalue weighted by molar-refractivity contribution is -0.116. The molecule has 2 atom stereocenters. The lowest BCUT2D eigenvalue weighted by Gasteiger charge is -2.34. The fraction of sp³-hybridized carbons (Fsp3) is 0.273. The first-order valence-corrected chi connectivity index (χ1v) is 10.6. The summed E-state index contributed by atoms with van der Waals surface area (Å²) >= 11 is 1.67. The van der Waals surface area contributed by atoms with Crippen LogP contribution in [-0.2, 0) is 4.79 Å². The van der Waals surface area contributed by atoms with Crippen molar-refractivity contribution in [2.45, 2.75) is 24.7 Å². The minimum Gasteiger partial charge on any atom is -0.497 e. The van der Waals surface area contributed by atoms with Crippen LogP contribution in [0.2, 0.25) is 0 Å². The zero-order valence-electron chi connectivity index (χ0n) is 16.6. The molecule has 1 aliphatic carbocycles. The summed E-state index contributed by atoms with van der Waals surface area (Å²) in [6, 6.07) is 9.53. The molecular formula is C22H21N3O4S. The van der Waals surface area contributed by atoms with Gasteiger partial charge in [0.15, 0.2) is 5.78 Å². The SMILES string of the molecule is COc1ccc(OC)c([C@H]2C3=C(C[C@H](c4cccs4)CC3=O)Nc3[nH][nH]c(=O)c32)c1. The van der Waals surface area contributed by atoms with Gasteiger partial charge in [0.1, 0.15) is 17.3 Å². The number of Topliss-reactive ketones (excluding diaryl/α,β-unsaturated/α-hetero) is 1. The highest BCUT2D eigenvalue weighted by Gasteiger charge is 2.41. The zero-order chi connectivity index (χ0) is 20.8. The van der Waals surface area contributed by atoms with Gasteiger partial charge in [0.2, 0.25) is 0 Å². The van der Waals surface area contributed by atoms with Gasteiger partial charge < -0.3 is 14.8 Å². The van der Waals surface area contributed by atoms with E-state index in [0.717, 1.165) is 11.3 Å². The van der Waals surface area contributed by atoms with Gasteiger partial charge in [-0.3, -0.25) is 19.8 Å². The Morgan fingerprint density at radius 1 is 1.07 bits per heavy atom. The van der Waals surface area contributed by atoms with Crippen LogP contribution in [0.5, 0.6) is 11.5 Å². The zero-order valence-corrected chi connectivity index (χ0v) is 17.4. The molecule has 2 aromatic heterocycles. The van der Waals surface area contributed by atoms with Crippen molar-refractivity contribution < 1.29 is 14.3 Å². The maximum absolute atomic E-state index is 13.4. The van der Waals surface area contributed by atoms with Gasteiger partial charge in [-0.1, -0.05) is 6.07 Å². The third kappa shape index (κ3) is 2.87. The third-order valence-electron chi connectivity index (χ3n) is 5.87. The van der Waals surface area contributed by atoms with Crippen LogP contribution in [0.4, 0.5) is 5.82 Å². The first kappa shape index (κ1) is 18.7. The van der Waals surface area contributed by atoms with Gasteiger partial charge in [-0.2, -0.15) is 0 Å². The van der Waals surface area contributed by atoms with E-state index in [-0.39, 0.29) is 17.3 Å². The lowest BCUT2D eigenvalue weighted by Crippen LogP contribution is -2.31. The van der Waals surface area contributed by atoms with Crippen LogP contribution < -0.4 is 20.3 Å². The molecule has 3 aromatic rings. The molecule has 0 saturated heterocycles. The van der Waals surface area contributed by atoms with E-state index in [1.54, 1.807) is 37.7 Å². The highest BCUT2D eigenvalue weighted by Crippen LogP contribution is 2.49. The van der Waals surface area contributed by atoms with Crippen molar-refractivity contribution in [3.8, 4) is 11.5 Å². The molecule has 0 unspecified atom stereocenters. The number of allylic oxidation sites excluding steroid dienone is 2. The molecule has 8 heteroatoms. The van der Waals surface area contributed by atoms with Crippen molar-refractivity contribution in [1.82, 2.24) is 10.2 Å². The predicted molar refractivity (Wildman–Crippen MR) is 115 cm³/mol. The van der Waals surface area contributed by atoms with Crippen molar-refractivity contribution in [3.63, 3.8) is 0 Å². The summed E-state index contributed by atoms with van der Waals surface area (Å²) in [5, 5.41) is 10.9. The Labute approximate surface area is 176 Å². The van der Waals surface area contributed by atoms with Crippen LogP contribution >= 0.6 is 11.3 Å². The number of carbonyl (C=O) groups excluding carboxylic acids is 1. The van der Waals surface area contributed by atoms with E-state index in [1.165, 1.54) is 4.88 Å². The minimum atomic E-state index is -0.534. The summed E-state index contributed by atoms with van der Waals surface area (Å²) in [5.41, 5.74) is 2.45. The Hall–Kier alpha value is -3.26. The standard InChI is InChI=1S/C22H21N3O4S/c1-28-12-5-6-16(29-2)13(10-12)18-19-14(23-21-20(18)22(27)25-24-21)8-11(9-15(19)26)17-4-3-7-30-17/h3-7,10-11,18H,8-9H2,1-2H3,(H3,23,24,25,27)/t11-,18-/m0/s1. The number of carbonyl (C=O) groups is 1. The summed E-state index contributed by atoms with van der Waals surface area (Å²) in [7, 11) is 3.17. The Morgan fingerprint density at radius 2 is 1.93 bits per heavy atom. The van der Waals surface area contributed by atoms with Gasteiger partial charge >= 0.3 is 0 Å². The van der Waals surface area contributed by atoms with E-state index in [9.17, 15) is 9.59 Å². The van der Waals surface area contributed by atoms with Crippen molar-refractivity contribution in [1.29, 1.82) is 0 Å². The first-order valence-electron chi connectivity index (χ1n) is 9.69. The second-order valence-corrected chi connectivity index (χ2v) is 8.45. The maximum Gasteiger partial charge on any atom is 0.270 e. The van der Waals surface area contributed by atoms with Crippen molar-refractivity contribution in [3.05, 3.63) is 73.3 Å². The lowest BCUT2D eigenvalue weighted by atomic mass is 9.73. The number of hydrogen-bond acceptors (Lipinski definition) is 6. The molecule has 30 heavy (non-hydrogen) atoms. The molecule has 7 nitrogen and oxygen atoms in total. The number of nitrogens with one attached hydrogen (secondary N) is 3. The van der Waals surface area contributed by atoms with Crippen molar-refractivity contribution in [2.75, 3.05) is 19.5 Å². The number of aromatic amines is 2. The van der Waals surface area contributed by atoms with Crippen molar-refractivity contribution >= 4 is 22.9 Å². The summed E-state index contributed by atoms with van der Waals surface area (Å²) in [5.74, 6) is 1.47. The van der Waals surface area contributed by atoms with Gasteiger partial charge in [-0.25, -0.2) is 0 Å². The van der Waals surface area contributed by atoms with Crippen LogP contribution in [0.15, 0.2) is 51.8 Å². The molecule has 0 spiro atoms. The number of ketones is 1. The Morgan fingerprint density at radius 3 is 2.67 bits per heavy atom. The van der Waals surface area contributed by atoms with E-state index >= 15 is 0 Å². The predicted octanol–water partition coefficient (Wildman–Crippen LogP) is 3.74. The van der Waals surface area contributed by atoms with Crippen LogP contribution in [0.25, 0.3) is 0 Å². The van der Waals surface area contributed by atoms with E-state index in [4.69, 9.17) is 9.47 Å². The van der Waals surface area contributed by atoms with Gasteiger partial charge in [-0.15, -0.1) is 11.3 Å². The molecule has 1 aromatic carbocycles. The number of ether oxygens (including phenoxy) is 2. The fourth-order valence-corrected chi connectivity index (χ4v) is 5.35. The second kappa shape index (κ2) is 7.21. The smallest absolute Gasteiger partial charge is 0.270 e. The molecule has 0 radical (unpaired) electrons. The first-order chi connectivity index (χ1) is 14.6. The van der Waals surface area contributed by atoms with Gasteiger partial charge in [0, 0.05) is 34.0 Å². The molecule has 3 N–H and O–H groups in total. The number of H-pyrrole nitrogens is 2. The summed E-state index contributed by atoms with van der Waals surface area (Å²) < 4.78 is 11.0. The monoisotopic (exact) mass is 423 g/mol. The molecule has 0 fully saturated rings. The van der Waals surface area contributed by atoms with Crippen LogP contribution in [0.1, 0.15) is 40.7 Å². The number of methoxy groups -OCH3 is 2. The number of thiophene rings is 1. The molecule has 3 heterocycles. The van der Waals surface area contributed by atoms with Gasteiger partial charge in [0.25, 0.3) is 5.56 Å². The average molecular weight is 423 g/mol. The highest BCUT2D eigenvalue weighted by molar-refractivity contribution is 7.10. The van der Waals surface area contributed by atoms with Crippen LogP contribution in [-0.4, -0.2) is 30.2 Å². The number of anilines is 1. The molecule has 0 amide bonds. The van der Waals surface area contributed by atoms with E-state index < -0.39 is 5.92 Å². The Bertz CT molecular complexity index is 1210. The molecule has 1 aliphatic heterocycles. The quantitative estimate of drug-likeness (QED) is 0.594. The summed E-state index contributed by atoms with van der Waals surface area (Å²) in [6.07, 6.45) is 1.12. The van der Waals surface area contributed by atoms with Gasteiger partial charge in [0.05, 0.1) is 25.7 Å². The minimum absolute atomic E-state index is 0.0447. The fourth-order valence-electron chi connectivity index (χ4n) is 4.52. The van der Waals surface area contributed by atoms with E-state index in [2.05, 4.69) is 21.6 Å². The topological polar surface area (TPSA) is 96.2 Å². The maximum atomic E-state index is 13.4. The Balaban J connectivity index is 1.70. The molecule has 0 bridgehead atoms. The number of benzene rings is 1. The normalized spacial score (nSPS) is 20.4. The van der Waals surface area contributed by atoms with E-state index in [0.29, 0.717) is 41.3 Å². The van der Waals surface area contributed by atoms with E-state index in [1.807, 2.05) is 17.5 Å². The molecule has 2 aliphatic rings. The number of aromatic nitrogens is 2.